The summed E-state index contributed by atoms with van der Waals surface area (Å²) in [6.45, 7) is -1.80. The summed E-state index contributed by atoms with van der Waals surface area (Å²) in [7, 11) is 4.86. The lowest BCUT2D eigenvalue weighted by molar-refractivity contribution is -0.0501. The number of ether oxygens (including phenoxy) is 4. The maximum atomic E-state index is 14.3. The highest BCUT2D eigenvalue weighted by Gasteiger charge is 2.17. The highest BCUT2D eigenvalue weighted by atomic mass is 19.3. The first-order valence-corrected chi connectivity index (χ1v) is 11.7. The molecule has 0 bridgehead atoms. The zero-order valence-corrected chi connectivity index (χ0v) is 21.7. The first-order chi connectivity index (χ1) is 19.3. The standard InChI is InChI=1S/C20H21F2N3O3.C7H5F2NO2/c1-23-8-9-27-18-11-14-12(10-17(18)26-3)15(6-7-25-14)28-16-5-4-13(24-2)19(21)20(16)22;8-7(9)12-6-1-2-10-3-5(6)4-11/h4-7,10-11,23-24H,8-9H2,1-3H3;1-4,7H. The smallest absolute Gasteiger partial charge is 0.387 e. The van der Waals surface area contributed by atoms with Crippen LogP contribution in [-0.4, -0.2) is 57.2 Å². The predicted molar refractivity (Wildman–Crippen MR) is 140 cm³/mol. The average Bonchev–Trinajstić information content (AvgIpc) is 2.96. The Hall–Kier alpha value is -4.65. The lowest BCUT2D eigenvalue weighted by Gasteiger charge is -2.14. The van der Waals surface area contributed by atoms with Crippen LogP contribution in [0.15, 0.2) is 55.0 Å². The van der Waals surface area contributed by atoms with Gasteiger partial charge in [0.05, 0.1) is 23.9 Å². The van der Waals surface area contributed by atoms with E-state index in [2.05, 4.69) is 25.3 Å². The minimum absolute atomic E-state index is 0.0119. The number of aromatic nitrogens is 2. The number of fused-ring (bicyclic) bond motifs is 1. The molecule has 0 unspecified atom stereocenters. The molecule has 0 saturated heterocycles. The molecular formula is C27H26F4N4O5. The van der Waals surface area contributed by atoms with Crippen molar-refractivity contribution >= 4 is 22.9 Å². The molecule has 2 aromatic carbocycles. The summed E-state index contributed by atoms with van der Waals surface area (Å²) < 4.78 is 72.5. The molecule has 13 heteroatoms. The Morgan fingerprint density at radius 1 is 0.950 bits per heavy atom. The molecule has 212 valence electrons. The fourth-order valence-electron chi connectivity index (χ4n) is 3.36. The largest absolute Gasteiger partial charge is 0.493 e. The van der Waals surface area contributed by atoms with Crippen molar-refractivity contribution in [3.8, 4) is 28.7 Å². The summed E-state index contributed by atoms with van der Waals surface area (Å²) in [5.41, 5.74) is 0.637. The van der Waals surface area contributed by atoms with Crippen molar-refractivity contribution in [3.05, 3.63) is 72.2 Å². The van der Waals surface area contributed by atoms with Crippen LogP contribution in [0.5, 0.6) is 28.7 Å². The van der Waals surface area contributed by atoms with E-state index in [4.69, 9.17) is 14.2 Å². The molecule has 0 radical (unpaired) electrons. The van der Waals surface area contributed by atoms with Crippen molar-refractivity contribution < 1.29 is 41.3 Å². The van der Waals surface area contributed by atoms with Crippen molar-refractivity contribution in [2.75, 3.05) is 39.7 Å². The molecule has 0 saturated carbocycles. The Morgan fingerprint density at radius 2 is 1.73 bits per heavy atom. The van der Waals surface area contributed by atoms with Crippen LogP contribution in [0.4, 0.5) is 23.2 Å². The average molecular weight is 563 g/mol. The van der Waals surface area contributed by atoms with E-state index < -0.39 is 18.2 Å². The summed E-state index contributed by atoms with van der Waals surface area (Å²) in [5.74, 6) is -1.12. The molecule has 0 aliphatic rings. The van der Waals surface area contributed by atoms with E-state index in [1.807, 2.05) is 7.05 Å². The van der Waals surface area contributed by atoms with Gasteiger partial charge in [-0.2, -0.15) is 13.2 Å². The van der Waals surface area contributed by atoms with Crippen LogP contribution in [0.2, 0.25) is 0 Å². The fraction of sp³-hybridized carbons (Fsp3) is 0.222. The van der Waals surface area contributed by atoms with Crippen LogP contribution in [0, 0.1) is 11.6 Å². The third-order valence-corrected chi connectivity index (χ3v) is 5.29. The number of carbonyl (C=O) groups is 1. The monoisotopic (exact) mass is 562 g/mol. The molecule has 40 heavy (non-hydrogen) atoms. The van der Waals surface area contributed by atoms with Gasteiger partial charge in [-0.3, -0.25) is 14.8 Å². The Kier molecular flexibility index (Phi) is 10.8. The summed E-state index contributed by atoms with van der Waals surface area (Å²) in [6.07, 6.45) is 4.36. The zero-order chi connectivity index (χ0) is 29.1. The predicted octanol–water partition coefficient (Wildman–Crippen LogP) is 5.45. The van der Waals surface area contributed by atoms with Gasteiger partial charge in [0.15, 0.2) is 29.4 Å². The van der Waals surface area contributed by atoms with Crippen LogP contribution in [0.3, 0.4) is 0 Å². The van der Waals surface area contributed by atoms with E-state index >= 15 is 0 Å². The summed E-state index contributed by atoms with van der Waals surface area (Å²) in [6, 6.07) is 8.97. The summed E-state index contributed by atoms with van der Waals surface area (Å²) in [5, 5.41) is 6.16. The first kappa shape index (κ1) is 29.9. The van der Waals surface area contributed by atoms with E-state index in [0.717, 1.165) is 6.20 Å². The highest BCUT2D eigenvalue weighted by molar-refractivity contribution is 5.88. The number of rotatable bonds is 11. The lowest BCUT2D eigenvalue weighted by Crippen LogP contribution is -2.16. The number of aldehydes is 1. The van der Waals surface area contributed by atoms with Crippen LogP contribution in [-0.2, 0) is 0 Å². The maximum Gasteiger partial charge on any atom is 0.387 e. The summed E-state index contributed by atoms with van der Waals surface area (Å²) in [4.78, 5) is 18.1. The minimum atomic E-state index is -2.92. The SMILES string of the molecule is CNCCOc1cc2nccc(Oc3ccc(NC)c(F)c3F)c2cc1OC.O=Cc1cnccc1OC(F)F. The number of likely N-dealkylation sites (N-methyl/N-ethyl adjacent to an activating group) is 1. The number of alkyl halides is 2. The van der Waals surface area contributed by atoms with Crippen molar-refractivity contribution in [1.82, 2.24) is 15.3 Å². The zero-order valence-electron chi connectivity index (χ0n) is 21.7. The number of carbonyl (C=O) groups excluding carboxylic acids is 1. The molecule has 0 fully saturated rings. The van der Waals surface area contributed by atoms with Crippen molar-refractivity contribution in [3.63, 3.8) is 0 Å². The van der Waals surface area contributed by atoms with Crippen molar-refractivity contribution in [2.45, 2.75) is 6.61 Å². The number of nitrogens with zero attached hydrogens (tertiary/aromatic N) is 2. The van der Waals surface area contributed by atoms with Gasteiger partial charge >= 0.3 is 6.61 Å². The van der Waals surface area contributed by atoms with Gasteiger partial charge in [-0.05, 0) is 37.4 Å². The van der Waals surface area contributed by atoms with Crippen molar-refractivity contribution in [1.29, 1.82) is 0 Å². The molecule has 2 aromatic heterocycles. The van der Waals surface area contributed by atoms with Crippen molar-refractivity contribution in [2.24, 2.45) is 0 Å². The number of hydrogen-bond donors (Lipinski definition) is 2. The Labute approximate surface area is 227 Å². The number of halogens is 4. The van der Waals surface area contributed by atoms with Gasteiger partial charge in [0.2, 0.25) is 5.82 Å². The normalized spacial score (nSPS) is 10.5. The highest BCUT2D eigenvalue weighted by Crippen LogP contribution is 2.38. The lowest BCUT2D eigenvalue weighted by atomic mass is 10.1. The van der Waals surface area contributed by atoms with E-state index in [9.17, 15) is 22.4 Å². The van der Waals surface area contributed by atoms with Crippen LogP contribution in [0.1, 0.15) is 10.4 Å². The fourth-order valence-corrected chi connectivity index (χ4v) is 3.36. The Bertz CT molecular complexity index is 1440. The molecule has 4 aromatic rings. The third-order valence-electron chi connectivity index (χ3n) is 5.29. The molecule has 0 aliphatic heterocycles. The van der Waals surface area contributed by atoms with Crippen LogP contribution in [0.25, 0.3) is 10.9 Å². The van der Waals surface area contributed by atoms with Gasteiger partial charge in [-0.25, -0.2) is 4.39 Å². The Morgan fingerprint density at radius 3 is 2.40 bits per heavy atom. The molecule has 0 atom stereocenters. The second-order valence-corrected chi connectivity index (χ2v) is 7.78. The van der Waals surface area contributed by atoms with Gasteiger partial charge in [0.25, 0.3) is 0 Å². The number of nitrogens with one attached hydrogen (secondary N) is 2. The first-order valence-electron chi connectivity index (χ1n) is 11.7. The molecule has 4 rings (SSSR count). The van der Waals surface area contributed by atoms with Crippen LogP contribution >= 0.6 is 0 Å². The summed E-state index contributed by atoms with van der Waals surface area (Å²) >= 11 is 0. The van der Waals surface area contributed by atoms with E-state index in [-0.39, 0.29) is 22.7 Å². The number of hydrogen-bond acceptors (Lipinski definition) is 9. The quantitative estimate of drug-likeness (QED) is 0.140. The van der Waals surface area contributed by atoms with Gasteiger partial charge in [0, 0.05) is 43.6 Å². The van der Waals surface area contributed by atoms with Gasteiger partial charge < -0.3 is 29.6 Å². The molecule has 0 amide bonds. The number of benzene rings is 2. The van der Waals surface area contributed by atoms with Gasteiger partial charge in [-0.15, -0.1) is 0 Å². The van der Waals surface area contributed by atoms with Crippen LogP contribution < -0.4 is 29.6 Å². The number of pyridine rings is 2. The molecule has 2 N–H and O–H groups in total. The number of anilines is 1. The van der Waals surface area contributed by atoms with Gasteiger partial charge in [-0.1, -0.05) is 0 Å². The maximum absolute atomic E-state index is 14.3. The third kappa shape index (κ3) is 7.47. The molecule has 2 heterocycles. The molecule has 0 spiro atoms. The molecular weight excluding hydrogens is 536 g/mol. The van der Waals surface area contributed by atoms with E-state index in [0.29, 0.717) is 47.6 Å². The number of methoxy groups -OCH3 is 1. The topological polar surface area (TPSA) is 104 Å². The van der Waals surface area contributed by atoms with Gasteiger partial charge in [0.1, 0.15) is 18.1 Å². The Balaban J connectivity index is 0.000000307. The molecule has 9 nitrogen and oxygen atoms in total. The second kappa shape index (κ2) is 14.5. The minimum Gasteiger partial charge on any atom is -0.493 e. The van der Waals surface area contributed by atoms with E-state index in [1.165, 1.54) is 44.8 Å². The molecule has 0 aliphatic carbocycles. The second-order valence-electron chi connectivity index (χ2n) is 7.78. The van der Waals surface area contributed by atoms with E-state index in [1.54, 1.807) is 18.2 Å².